The topological polar surface area (TPSA) is 45.6 Å². The Balaban J connectivity index is 1.61. The van der Waals surface area contributed by atoms with E-state index in [1.165, 1.54) is 15.4 Å². The molecule has 3 aromatic carbocycles. The molecule has 0 bridgehead atoms. The second-order valence-electron chi connectivity index (χ2n) is 8.49. The molecule has 0 radical (unpaired) electrons. The zero-order valence-corrected chi connectivity index (χ0v) is 20.2. The van der Waals surface area contributed by atoms with Crippen LogP contribution in [0.2, 0.25) is 0 Å². The second-order valence-corrected chi connectivity index (χ2v) is 8.85. The van der Waals surface area contributed by atoms with Crippen molar-refractivity contribution in [2.75, 3.05) is 11.4 Å². The molecule has 174 valence electrons. The van der Waals surface area contributed by atoms with Gasteiger partial charge in [0.15, 0.2) is 5.11 Å². The predicted molar refractivity (Wildman–Crippen MR) is 144 cm³/mol. The van der Waals surface area contributed by atoms with Crippen molar-refractivity contribution in [3.05, 3.63) is 108 Å². The lowest BCUT2D eigenvalue weighted by Gasteiger charge is -2.36. The summed E-state index contributed by atoms with van der Waals surface area (Å²) < 4.78 is 2.15. The normalized spacial score (nSPS) is 15.5. The SMILES string of the molecule is CCCN1C(=O)/C(=C\c2cn(Cc3ccccc3)c3ccccc23)C(=O)N(c2ccccc2)C1=S. The largest absolute Gasteiger partial charge is 0.342 e. The zero-order chi connectivity index (χ0) is 24.4. The summed E-state index contributed by atoms with van der Waals surface area (Å²) >= 11 is 5.60. The average molecular weight is 480 g/mol. The summed E-state index contributed by atoms with van der Waals surface area (Å²) in [5, 5.41) is 1.20. The van der Waals surface area contributed by atoms with E-state index in [1.54, 1.807) is 6.08 Å². The summed E-state index contributed by atoms with van der Waals surface area (Å²) in [5.74, 6) is -0.757. The van der Waals surface area contributed by atoms with Crippen LogP contribution in [-0.2, 0) is 16.1 Å². The highest BCUT2D eigenvalue weighted by Gasteiger charge is 2.40. The van der Waals surface area contributed by atoms with Gasteiger partial charge >= 0.3 is 0 Å². The molecule has 35 heavy (non-hydrogen) atoms. The highest BCUT2D eigenvalue weighted by Crippen LogP contribution is 2.29. The fourth-order valence-electron chi connectivity index (χ4n) is 4.46. The standard InChI is InChI=1S/C29H25N3O2S/c1-2-17-31-27(33)25(28(34)32(29(31)35)23-13-7-4-8-14-23)18-22-20-30(19-21-11-5-3-6-12-21)26-16-10-9-15-24(22)26/h3-16,18,20H,2,17,19H2,1H3/b25-18+. The van der Waals surface area contributed by atoms with Crippen LogP contribution in [0, 0.1) is 0 Å². The molecule has 1 aliphatic heterocycles. The van der Waals surface area contributed by atoms with Gasteiger partial charge in [-0.2, -0.15) is 0 Å². The minimum absolute atomic E-state index is 0.110. The monoisotopic (exact) mass is 479 g/mol. The first-order chi connectivity index (χ1) is 17.1. The van der Waals surface area contributed by atoms with Crippen molar-refractivity contribution >= 4 is 51.8 Å². The van der Waals surface area contributed by atoms with Gasteiger partial charge in [-0.3, -0.25) is 19.4 Å². The van der Waals surface area contributed by atoms with E-state index >= 15 is 0 Å². The number of thiocarbonyl (C=S) groups is 1. The molecule has 0 saturated carbocycles. The Morgan fingerprint density at radius 3 is 2.20 bits per heavy atom. The molecular formula is C29H25N3O2S. The Morgan fingerprint density at radius 2 is 1.49 bits per heavy atom. The molecule has 1 fully saturated rings. The number of rotatable bonds is 6. The van der Waals surface area contributed by atoms with E-state index in [0.29, 0.717) is 18.8 Å². The molecule has 5 rings (SSSR count). The number of anilines is 1. The van der Waals surface area contributed by atoms with Gasteiger partial charge in [0.05, 0.1) is 5.69 Å². The lowest BCUT2D eigenvalue weighted by Crippen LogP contribution is -2.56. The van der Waals surface area contributed by atoms with E-state index in [2.05, 4.69) is 22.8 Å². The summed E-state index contributed by atoms with van der Waals surface area (Å²) in [4.78, 5) is 30.1. The Kier molecular flexibility index (Phi) is 6.29. The summed E-state index contributed by atoms with van der Waals surface area (Å²) in [6.45, 7) is 3.12. The fourth-order valence-corrected chi connectivity index (χ4v) is 4.82. The number of benzene rings is 3. The highest BCUT2D eigenvalue weighted by atomic mass is 32.1. The molecule has 4 aromatic rings. The van der Waals surface area contributed by atoms with Gasteiger partial charge in [-0.1, -0.05) is 73.7 Å². The van der Waals surface area contributed by atoms with Crippen molar-refractivity contribution in [3.8, 4) is 0 Å². The van der Waals surface area contributed by atoms with Crippen LogP contribution in [0.5, 0.6) is 0 Å². The molecule has 0 aliphatic carbocycles. The van der Waals surface area contributed by atoms with Gasteiger partial charge in [0.25, 0.3) is 11.8 Å². The maximum Gasteiger partial charge on any atom is 0.270 e. The van der Waals surface area contributed by atoms with Crippen LogP contribution in [0.4, 0.5) is 5.69 Å². The third-order valence-corrected chi connectivity index (χ3v) is 6.51. The van der Waals surface area contributed by atoms with Crippen LogP contribution in [0.25, 0.3) is 17.0 Å². The minimum Gasteiger partial charge on any atom is -0.342 e. The summed E-state index contributed by atoms with van der Waals surface area (Å²) in [5.41, 5.74) is 3.80. The Morgan fingerprint density at radius 1 is 0.829 bits per heavy atom. The maximum absolute atomic E-state index is 13.7. The van der Waals surface area contributed by atoms with Gasteiger partial charge < -0.3 is 4.57 Å². The molecule has 0 atom stereocenters. The number of nitrogens with zero attached hydrogens (tertiary/aromatic N) is 3. The zero-order valence-electron chi connectivity index (χ0n) is 19.4. The third kappa shape index (κ3) is 4.29. The molecule has 0 N–H and O–H groups in total. The van der Waals surface area contributed by atoms with Crippen LogP contribution in [0.1, 0.15) is 24.5 Å². The number of carbonyl (C=O) groups is 2. The average Bonchev–Trinajstić information content (AvgIpc) is 3.23. The molecule has 5 nitrogen and oxygen atoms in total. The van der Waals surface area contributed by atoms with E-state index in [9.17, 15) is 9.59 Å². The quantitative estimate of drug-likeness (QED) is 0.204. The molecule has 1 aliphatic rings. The van der Waals surface area contributed by atoms with Crippen molar-refractivity contribution in [1.29, 1.82) is 0 Å². The van der Waals surface area contributed by atoms with Crippen LogP contribution in [0.3, 0.4) is 0 Å². The Hall–Kier alpha value is -4.03. The molecule has 1 saturated heterocycles. The Labute approximate surface area is 209 Å². The predicted octanol–water partition coefficient (Wildman–Crippen LogP) is 5.64. The van der Waals surface area contributed by atoms with Crippen LogP contribution >= 0.6 is 12.2 Å². The molecule has 2 amide bonds. The van der Waals surface area contributed by atoms with E-state index < -0.39 is 5.91 Å². The van der Waals surface area contributed by atoms with Crippen molar-refractivity contribution in [2.45, 2.75) is 19.9 Å². The van der Waals surface area contributed by atoms with E-state index in [4.69, 9.17) is 12.2 Å². The molecule has 0 spiro atoms. The molecule has 0 unspecified atom stereocenters. The minimum atomic E-state index is -0.404. The van der Waals surface area contributed by atoms with Crippen molar-refractivity contribution in [2.24, 2.45) is 0 Å². The number of amides is 2. The smallest absolute Gasteiger partial charge is 0.270 e. The number of carbonyl (C=O) groups excluding carboxylic acids is 2. The van der Waals surface area contributed by atoms with Gasteiger partial charge in [-0.05, 0) is 48.5 Å². The first kappa shape index (κ1) is 22.7. The van der Waals surface area contributed by atoms with Gasteiger partial charge in [-0.15, -0.1) is 0 Å². The van der Waals surface area contributed by atoms with Gasteiger partial charge in [0.2, 0.25) is 0 Å². The number of aromatic nitrogens is 1. The first-order valence-electron chi connectivity index (χ1n) is 11.7. The number of hydrogen-bond acceptors (Lipinski definition) is 3. The summed E-state index contributed by atoms with van der Waals surface area (Å²) in [7, 11) is 0. The number of hydrogen-bond donors (Lipinski definition) is 0. The molecular weight excluding hydrogens is 454 g/mol. The summed E-state index contributed by atoms with van der Waals surface area (Å²) in [6.07, 6.45) is 4.45. The highest BCUT2D eigenvalue weighted by molar-refractivity contribution is 7.80. The maximum atomic E-state index is 13.7. The third-order valence-electron chi connectivity index (χ3n) is 6.11. The molecule has 6 heteroatoms. The van der Waals surface area contributed by atoms with Crippen molar-refractivity contribution < 1.29 is 9.59 Å². The van der Waals surface area contributed by atoms with E-state index in [0.717, 1.165) is 22.9 Å². The van der Waals surface area contributed by atoms with Crippen LogP contribution < -0.4 is 4.90 Å². The number of fused-ring (bicyclic) bond motifs is 1. The van der Waals surface area contributed by atoms with Gasteiger partial charge in [0.1, 0.15) is 5.57 Å². The second kappa shape index (κ2) is 9.68. The Bertz CT molecular complexity index is 1440. The van der Waals surface area contributed by atoms with Crippen LogP contribution in [-0.4, -0.2) is 32.9 Å². The number of para-hydroxylation sites is 2. The van der Waals surface area contributed by atoms with Gasteiger partial charge in [-0.25, -0.2) is 0 Å². The molecule has 1 aromatic heterocycles. The van der Waals surface area contributed by atoms with Crippen LogP contribution in [0.15, 0.2) is 96.7 Å². The van der Waals surface area contributed by atoms with E-state index in [1.807, 2.05) is 79.9 Å². The first-order valence-corrected chi connectivity index (χ1v) is 12.1. The molecule has 2 heterocycles. The van der Waals surface area contributed by atoms with Crippen molar-refractivity contribution in [1.82, 2.24) is 9.47 Å². The van der Waals surface area contributed by atoms with E-state index in [-0.39, 0.29) is 16.6 Å². The van der Waals surface area contributed by atoms with Gasteiger partial charge in [0, 0.05) is 35.8 Å². The fraction of sp³-hybridized carbons (Fsp3) is 0.138. The summed E-state index contributed by atoms with van der Waals surface area (Å²) in [6, 6.07) is 27.5. The lowest BCUT2D eigenvalue weighted by atomic mass is 10.0. The lowest BCUT2D eigenvalue weighted by molar-refractivity contribution is -0.127. The van der Waals surface area contributed by atoms with Crippen molar-refractivity contribution in [3.63, 3.8) is 0 Å².